The normalized spacial score (nSPS) is 12.2. The van der Waals surface area contributed by atoms with Gasteiger partial charge in [0.05, 0.1) is 11.6 Å². The molecule has 0 aliphatic heterocycles. The Morgan fingerprint density at radius 3 is 2.67 bits per heavy atom. The number of aromatic amines is 1. The molecular weight excluding hydrogens is 266 g/mol. The van der Waals surface area contributed by atoms with Crippen LogP contribution in [0.15, 0.2) is 54.6 Å². The largest absolute Gasteiger partial charge is 0.387 e. The van der Waals surface area contributed by atoms with E-state index in [4.69, 9.17) is 0 Å². The number of hydrogen-bond donors (Lipinski definition) is 3. The van der Waals surface area contributed by atoms with Crippen LogP contribution >= 0.6 is 0 Å². The number of aliphatic hydroxyl groups excluding tert-OH is 1. The first-order chi connectivity index (χ1) is 10.3. The van der Waals surface area contributed by atoms with Gasteiger partial charge in [0.1, 0.15) is 0 Å². The molecule has 5 nitrogen and oxygen atoms in total. The molecule has 3 N–H and O–H groups in total. The number of fused-ring (bicyclic) bond motifs is 1. The molecule has 1 atom stereocenters. The minimum absolute atomic E-state index is 0.143. The van der Waals surface area contributed by atoms with Gasteiger partial charge in [0.2, 0.25) is 0 Å². The minimum Gasteiger partial charge on any atom is -0.387 e. The van der Waals surface area contributed by atoms with Crippen molar-refractivity contribution in [3.05, 3.63) is 65.9 Å². The summed E-state index contributed by atoms with van der Waals surface area (Å²) in [5.74, 6) is -0.303. The zero-order chi connectivity index (χ0) is 14.7. The maximum Gasteiger partial charge on any atom is 0.272 e. The number of aromatic nitrogens is 2. The molecule has 0 fully saturated rings. The van der Waals surface area contributed by atoms with E-state index in [0.717, 1.165) is 16.5 Å². The topological polar surface area (TPSA) is 78.0 Å². The van der Waals surface area contributed by atoms with E-state index in [0.29, 0.717) is 5.69 Å². The molecule has 0 aliphatic rings. The van der Waals surface area contributed by atoms with Gasteiger partial charge in [-0.2, -0.15) is 5.10 Å². The summed E-state index contributed by atoms with van der Waals surface area (Å²) in [6, 6.07) is 16.6. The fourth-order valence-corrected chi connectivity index (χ4v) is 2.20. The zero-order valence-electron chi connectivity index (χ0n) is 11.3. The monoisotopic (exact) mass is 281 g/mol. The van der Waals surface area contributed by atoms with Crippen molar-refractivity contribution in [3.8, 4) is 0 Å². The van der Waals surface area contributed by atoms with E-state index in [1.165, 1.54) is 0 Å². The maximum atomic E-state index is 12.2. The Kier molecular flexibility index (Phi) is 3.66. The summed E-state index contributed by atoms with van der Waals surface area (Å²) < 4.78 is 0. The van der Waals surface area contributed by atoms with Crippen LogP contribution in [-0.4, -0.2) is 27.8 Å². The standard InChI is InChI=1S/C16H15N3O2/c20-14(11-6-2-1-3-7-11)10-17-16(21)15-12-8-4-5-9-13(12)18-19-15/h1-9,14,20H,10H2,(H,17,21)(H,18,19). The van der Waals surface area contributed by atoms with Crippen LogP contribution in [0.5, 0.6) is 0 Å². The van der Waals surface area contributed by atoms with Crippen molar-refractivity contribution in [2.24, 2.45) is 0 Å². The molecule has 0 spiro atoms. The molecular formula is C16H15N3O2. The lowest BCUT2D eigenvalue weighted by molar-refractivity contribution is 0.0913. The van der Waals surface area contributed by atoms with Crippen molar-refractivity contribution >= 4 is 16.8 Å². The highest BCUT2D eigenvalue weighted by Crippen LogP contribution is 2.15. The molecule has 3 rings (SSSR count). The maximum absolute atomic E-state index is 12.2. The number of nitrogens with one attached hydrogen (secondary N) is 2. The molecule has 1 heterocycles. The zero-order valence-corrected chi connectivity index (χ0v) is 11.3. The van der Waals surface area contributed by atoms with Crippen LogP contribution in [0, 0.1) is 0 Å². The highest BCUT2D eigenvalue weighted by Gasteiger charge is 2.15. The van der Waals surface area contributed by atoms with E-state index in [-0.39, 0.29) is 12.5 Å². The second kappa shape index (κ2) is 5.76. The van der Waals surface area contributed by atoms with Crippen LogP contribution in [0.2, 0.25) is 0 Å². The molecule has 0 bridgehead atoms. The van der Waals surface area contributed by atoms with Crippen molar-refractivity contribution < 1.29 is 9.90 Å². The molecule has 0 saturated carbocycles. The third-order valence-corrected chi connectivity index (χ3v) is 3.33. The molecule has 3 aromatic rings. The second-order valence-electron chi connectivity index (χ2n) is 4.75. The summed E-state index contributed by atoms with van der Waals surface area (Å²) >= 11 is 0. The molecule has 21 heavy (non-hydrogen) atoms. The summed E-state index contributed by atoms with van der Waals surface area (Å²) in [6.45, 7) is 0.143. The van der Waals surface area contributed by atoms with Gasteiger partial charge in [0.25, 0.3) is 5.91 Å². The average Bonchev–Trinajstić information content (AvgIpc) is 2.97. The molecule has 1 aromatic heterocycles. The van der Waals surface area contributed by atoms with Crippen LogP contribution in [0.1, 0.15) is 22.2 Å². The number of para-hydroxylation sites is 1. The Bertz CT molecular complexity index is 752. The Morgan fingerprint density at radius 2 is 1.86 bits per heavy atom. The molecule has 0 saturated heterocycles. The van der Waals surface area contributed by atoms with Crippen molar-refractivity contribution in [3.63, 3.8) is 0 Å². The summed E-state index contributed by atoms with van der Waals surface area (Å²) in [5.41, 5.74) is 1.92. The van der Waals surface area contributed by atoms with Gasteiger partial charge < -0.3 is 10.4 Å². The third kappa shape index (κ3) is 2.78. The van der Waals surface area contributed by atoms with E-state index >= 15 is 0 Å². The summed E-state index contributed by atoms with van der Waals surface area (Å²) in [5, 5.41) is 20.4. The number of carbonyl (C=O) groups excluding carboxylic acids is 1. The molecule has 1 unspecified atom stereocenters. The van der Waals surface area contributed by atoms with Crippen LogP contribution in [0.4, 0.5) is 0 Å². The number of rotatable bonds is 4. The first-order valence-electron chi connectivity index (χ1n) is 6.70. The predicted molar refractivity (Wildman–Crippen MR) is 79.8 cm³/mol. The van der Waals surface area contributed by atoms with Gasteiger partial charge in [0.15, 0.2) is 5.69 Å². The van der Waals surface area contributed by atoms with Gasteiger partial charge in [-0.15, -0.1) is 0 Å². The van der Waals surface area contributed by atoms with E-state index in [2.05, 4.69) is 15.5 Å². The van der Waals surface area contributed by atoms with Gasteiger partial charge in [-0.05, 0) is 11.6 Å². The Hall–Kier alpha value is -2.66. The third-order valence-electron chi connectivity index (χ3n) is 3.33. The number of benzene rings is 2. The van der Waals surface area contributed by atoms with Crippen molar-refractivity contribution in [1.82, 2.24) is 15.5 Å². The smallest absolute Gasteiger partial charge is 0.272 e. The number of carbonyl (C=O) groups is 1. The highest BCUT2D eigenvalue weighted by molar-refractivity contribution is 6.04. The molecule has 1 amide bonds. The fraction of sp³-hybridized carbons (Fsp3) is 0.125. The Morgan fingerprint density at radius 1 is 1.14 bits per heavy atom. The predicted octanol–water partition coefficient (Wildman–Crippen LogP) is 2.03. The lowest BCUT2D eigenvalue weighted by Crippen LogP contribution is -2.28. The summed E-state index contributed by atoms with van der Waals surface area (Å²) in [7, 11) is 0. The van der Waals surface area contributed by atoms with Crippen molar-refractivity contribution in [2.45, 2.75) is 6.10 Å². The highest BCUT2D eigenvalue weighted by atomic mass is 16.3. The Balaban J connectivity index is 1.70. The number of aliphatic hydroxyl groups is 1. The molecule has 0 aliphatic carbocycles. The SMILES string of the molecule is O=C(NCC(O)c1ccccc1)c1n[nH]c2ccccc12. The lowest BCUT2D eigenvalue weighted by atomic mass is 10.1. The second-order valence-corrected chi connectivity index (χ2v) is 4.75. The van der Waals surface area contributed by atoms with Gasteiger partial charge in [-0.3, -0.25) is 9.89 Å². The first-order valence-corrected chi connectivity index (χ1v) is 6.70. The number of hydrogen-bond acceptors (Lipinski definition) is 3. The molecule has 5 heteroatoms. The van der Waals surface area contributed by atoms with Crippen molar-refractivity contribution in [1.29, 1.82) is 0 Å². The van der Waals surface area contributed by atoms with E-state index in [1.807, 2.05) is 54.6 Å². The minimum atomic E-state index is -0.736. The van der Waals surface area contributed by atoms with E-state index < -0.39 is 6.10 Å². The molecule has 2 aromatic carbocycles. The number of amides is 1. The van der Waals surface area contributed by atoms with Crippen molar-refractivity contribution in [2.75, 3.05) is 6.54 Å². The number of nitrogens with zero attached hydrogens (tertiary/aromatic N) is 1. The van der Waals surface area contributed by atoms with Crippen LogP contribution < -0.4 is 5.32 Å². The van der Waals surface area contributed by atoms with Gasteiger partial charge in [-0.25, -0.2) is 0 Å². The quantitative estimate of drug-likeness (QED) is 0.684. The van der Waals surface area contributed by atoms with Crippen LogP contribution in [0.25, 0.3) is 10.9 Å². The summed E-state index contributed by atoms with van der Waals surface area (Å²) in [4.78, 5) is 12.2. The Labute approximate surface area is 121 Å². The van der Waals surface area contributed by atoms with Gasteiger partial charge >= 0.3 is 0 Å². The van der Waals surface area contributed by atoms with Crippen LogP contribution in [0.3, 0.4) is 0 Å². The van der Waals surface area contributed by atoms with Gasteiger partial charge in [0, 0.05) is 11.9 Å². The number of H-pyrrole nitrogens is 1. The average molecular weight is 281 g/mol. The molecule has 0 radical (unpaired) electrons. The van der Waals surface area contributed by atoms with Crippen LogP contribution in [-0.2, 0) is 0 Å². The summed E-state index contributed by atoms with van der Waals surface area (Å²) in [6.07, 6.45) is -0.736. The van der Waals surface area contributed by atoms with Gasteiger partial charge in [-0.1, -0.05) is 48.5 Å². The van der Waals surface area contributed by atoms with E-state index in [1.54, 1.807) is 0 Å². The molecule has 106 valence electrons. The lowest BCUT2D eigenvalue weighted by Gasteiger charge is -2.11. The fourth-order valence-electron chi connectivity index (χ4n) is 2.20. The first kappa shape index (κ1) is 13.3. The van der Waals surface area contributed by atoms with E-state index in [9.17, 15) is 9.90 Å².